The van der Waals surface area contributed by atoms with Crippen LogP contribution in [0.2, 0.25) is 0 Å². The van der Waals surface area contributed by atoms with Gasteiger partial charge in [-0.3, -0.25) is 9.79 Å². The number of benzene rings is 1. The van der Waals surface area contributed by atoms with Crippen LogP contribution in [0.3, 0.4) is 0 Å². The van der Waals surface area contributed by atoms with Crippen LogP contribution in [0, 0.1) is 11.7 Å². The Morgan fingerprint density at radius 2 is 2.17 bits per heavy atom. The molecule has 1 saturated carbocycles. The molecule has 0 spiro atoms. The van der Waals surface area contributed by atoms with Crippen LogP contribution in [0.25, 0.3) is 0 Å². The SMILES string of the molecule is NC1=NC(c2cc(NC(=O)C3CC3(F)F)ccc2F)CCOC1. The second-order valence-corrected chi connectivity index (χ2v) is 5.72. The molecule has 124 valence electrons. The van der Waals surface area contributed by atoms with Gasteiger partial charge in [0.25, 0.3) is 5.92 Å². The van der Waals surface area contributed by atoms with Crippen LogP contribution >= 0.6 is 0 Å². The normalized spacial score (nSPS) is 26.1. The van der Waals surface area contributed by atoms with Gasteiger partial charge in [-0.25, -0.2) is 13.2 Å². The van der Waals surface area contributed by atoms with Gasteiger partial charge in [-0.05, 0) is 24.6 Å². The molecule has 0 bridgehead atoms. The van der Waals surface area contributed by atoms with E-state index in [1.54, 1.807) is 0 Å². The summed E-state index contributed by atoms with van der Waals surface area (Å²) in [6.45, 7) is 0.560. The fourth-order valence-corrected chi connectivity index (χ4v) is 2.50. The van der Waals surface area contributed by atoms with Gasteiger partial charge < -0.3 is 15.8 Å². The number of hydrogen-bond donors (Lipinski definition) is 2. The molecule has 2 unspecified atom stereocenters. The third-order valence-electron chi connectivity index (χ3n) is 3.87. The van der Waals surface area contributed by atoms with Crippen LogP contribution in [0.5, 0.6) is 0 Å². The van der Waals surface area contributed by atoms with E-state index < -0.39 is 36.0 Å². The molecule has 2 atom stereocenters. The summed E-state index contributed by atoms with van der Waals surface area (Å²) < 4.78 is 45.1. The first kappa shape index (κ1) is 15.8. The standard InChI is InChI=1S/C15H16F3N3O2/c16-11-2-1-8(20-14(22)10-6-15(10,17)18)5-9(11)12-3-4-23-7-13(19)21-12/h1-2,5,10,12H,3-4,6-7H2,(H2,19,21)(H,20,22). The predicted octanol–water partition coefficient (Wildman–Crippen LogP) is 2.24. The number of carbonyl (C=O) groups excluding carboxylic acids is 1. The van der Waals surface area contributed by atoms with Gasteiger partial charge in [0.15, 0.2) is 0 Å². The van der Waals surface area contributed by atoms with E-state index in [-0.39, 0.29) is 23.7 Å². The van der Waals surface area contributed by atoms with Crippen molar-refractivity contribution in [1.29, 1.82) is 0 Å². The van der Waals surface area contributed by atoms with Crippen molar-refractivity contribution in [2.24, 2.45) is 16.6 Å². The summed E-state index contributed by atoms with van der Waals surface area (Å²) in [7, 11) is 0. The van der Waals surface area contributed by atoms with Gasteiger partial charge in [-0.15, -0.1) is 0 Å². The number of nitrogens with one attached hydrogen (secondary N) is 1. The molecular weight excluding hydrogens is 311 g/mol. The summed E-state index contributed by atoms with van der Waals surface area (Å²) >= 11 is 0. The maximum absolute atomic E-state index is 14.1. The van der Waals surface area contributed by atoms with E-state index in [0.29, 0.717) is 13.0 Å². The maximum atomic E-state index is 14.1. The van der Waals surface area contributed by atoms with Crippen LogP contribution in [0.4, 0.5) is 18.9 Å². The smallest absolute Gasteiger partial charge is 0.260 e. The Kier molecular flexibility index (Phi) is 4.01. The van der Waals surface area contributed by atoms with Gasteiger partial charge in [0.2, 0.25) is 5.91 Å². The van der Waals surface area contributed by atoms with Crippen LogP contribution < -0.4 is 11.1 Å². The lowest BCUT2D eigenvalue weighted by Gasteiger charge is -2.14. The summed E-state index contributed by atoms with van der Waals surface area (Å²) in [5.41, 5.74) is 6.16. The third-order valence-corrected chi connectivity index (χ3v) is 3.87. The minimum absolute atomic E-state index is 0.186. The number of amides is 1. The summed E-state index contributed by atoms with van der Waals surface area (Å²) in [6.07, 6.45) is -0.0105. The number of carbonyl (C=O) groups is 1. The van der Waals surface area contributed by atoms with Crippen molar-refractivity contribution in [3.63, 3.8) is 0 Å². The van der Waals surface area contributed by atoms with Crippen molar-refractivity contribution >= 4 is 17.4 Å². The molecule has 0 radical (unpaired) electrons. The zero-order chi connectivity index (χ0) is 16.6. The van der Waals surface area contributed by atoms with Crippen LogP contribution in [0.1, 0.15) is 24.4 Å². The number of ether oxygens (including phenoxy) is 1. The molecule has 1 aliphatic heterocycles. The summed E-state index contributed by atoms with van der Waals surface area (Å²) in [4.78, 5) is 15.9. The lowest BCUT2D eigenvalue weighted by molar-refractivity contribution is -0.119. The maximum Gasteiger partial charge on any atom is 0.260 e. The number of amidine groups is 1. The summed E-state index contributed by atoms with van der Waals surface area (Å²) in [5, 5.41) is 2.40. The molecule has 0 aromatic heterocycles. The number of rotatable bonds is 3. The van der Waals surface area contributed by atoms with Crippen molar-refractivity contribution in [3.8, 4) is 0 Å². The molecule has 0 saturated heterocycles. The van der Waals surface area contributed by atoms with Crippen molar-refractivity contribution in [2.45, 2.75) is 24.8 Å². The highest BCUT2D eigenvalue weighted by molar-refractivity contribution is 5.95. The van der Waals surface area contributed by atoms with E-state index in [1.165, 1.54) is 18.2 Å². The van der Waals surface area contributed by atoms with Crippen molar-refractivity contribution < 1.29 is 22.7 Å². The van der Waals surface area contributed by atoms with Crippen LogP contribution in [0.15, 0.2) is 23.2 Å². The second kappa shape index (κ2) is 5.84. The Labute approximate surface area is 130 Å². The van der Waals surface area contributed by atoms with Crippen molar-refractivity contribution in [1.82, 2.24) is 0 Å². The first-order valence-electron chi connectivity index (χ1n) is 7.25. The molecule has 1 aromatic carbocycles. The number of aliphatic imine (C=N–C) groups is 1. The van der Waals surface area contributed by atoms with Crippen LogP contribution in [-0.2, 0) is 9.53 Å². The van der Waals surface area contributed by atoms with Gasteiger partial charge in [0, 0.05) is 24.3 Å². The molecule has 1 fully saturated rings. The molecule has 8 heteroatoms. The Bertz CT molecular complexity index is 663. The summed E-state index contributed by atoms with van der Waals surface area (Å²) in [6, 6.07) is 3.38. The zero-order valence-corrected chi connectivity index (χ0v) is 12.2. The second-order valence-electron chi connectivity index (χ2n) is 5.72. The van der Waals surface area contributed by atoms with E-state index in [1.807, 2.05) is 0 Å². The highest BCUT2D eigenvalue weighted by Gasteiger charge is 2.61. The fourth-order valence-electron chi connectivity index (χ4n) is 2.50. The Morgan fingerprint density at radius 3 is 2.87 bits per heavy atom. The number of anilines is 1. The largest absolute Gasteiger partial charge is 0.386 e. The summed E-state index contributed by atoms with van der Waals surface area (Å²) in [5.74, 6) is -5.25. The monoisotopic (exact) mass is 327 g/mol. The molecule has 3 rings (SSSR count). The average molecular weight is 327 g/mol. The van der Waals surface area contributed by atoms with Crippen molar-refractivity contribution in [3.05, 3.63) is 29.6 Å². The average Bonchev–Trinajstić information content (AvgIpc) is 3.18. The van der Waals surface area contributed by atoms with Crippen molar-refractivity contribution in [2.75, 3.05) is 18.5 Å². The van der Waals surface area contributed by atoms with Gasteiger partial charge in [0.1, 0.15) is 24.2 Å². The third kappa shape index (κ3) is 3.47. The van der Waals surface area contributed by atoms with E-state index in [2.05, 4.69) is 10.3 Å². The lowest BCUT2D eigenvalue weighted by atomic mass is 10.0. The fraction of sp³-hybridized carbons (Fsp3) is 0.467. The van der Waals surface area contributed by atoms with Gasteiger partial charge in [-0.1, -0.05) is 0 Å². The molecule has 23 heavy (non-hydrogen) atoms. The highest BCUT2D eigenvalue weighted by atomic mass is 19.3. The lowest BCUT2D eigenvalue weighted by Crippen LogP contribution is -2.18. The van der Waals surface area contributed by atoms with E-state index >= 15 is 0 Å². The number of nitrogens with two attached hydrogens (primary N) is 1. The molecule has 1 amide bonds. The van der Waals surface area contributed by atoms with E-state index in [0.717, 1.165) is 0 Å². The highest BCUT2D eigenvalue weighted by Crippen LogP contribution is 2.49. The Morgan fingerprint density at radius 1 is 1.43 bits per heavy atom. The van der Waals surface area contributed by atoms with E-state index in [4.69, 9.17) is 10.5 Å². The van der Waals surface area contributed by atoms with Crippen LogP contribution in [-0.4, -0.2) is 30.9 Å². The number of alkyl halides is 2. The zero-order valence-electron chi connectivity index (χ0n) is 12.2. The Balaban J connectivity index is 1.79. The Hall–Kier alpha value is -2.09. The number of halogens is 3. The van der Waals surface area contributed by atoms with E-state index in [9.17, 15) is 18.0 Å². The number of nitrogens with zero attached hydrogens (tertiary/aromatic N) is 1. The first-order valence-corrected chi connectivity index (χ1v) is 7.25. The van der Waals surface area contributed by atoms with Gasteiger partial charge >= 0.3 is 0 Å². The molecule has 5 nitrogen and oxygen atoms in total. The molecule has 1 aromatic rings. The quantitative estimate of drug-likeness (QED) is 0.894. The predicted molar refractivity (Wildman–Crippen MR) is 77.9 cm³/mol. The topological polar surface area (TPSA) is 76.7 Å². The first-order chi connectivity index (χ1) is 10.9. The van der Waals surface area contributed by atoms with Gasteiger partial charge in [0.05, 0.1) is 6.04 Å². The van der Waals surface area contributed by atoms with Gasteiger partial charge in [-0.2, -0.15) is 0 Å². The number of hydrogen-bond acceptors (Lipinski definition) is 4. The molecule has 3 N–H and O–H groups in total. The minimum Gasteiger partial charge on any atom is -0.386 e. The molecular formula is C15H16F3N3O2. The minimum atomic E-state index is -2.94. The molecule has 1 heterocycles. The molecule has 2 aliphatic rings. The molecule has 1 aliphatic carbocycles.